The molecule has 0 radical (unpaired) electrons. The lowest BCUT2D eigenvalue weighted by Crippen LogP contribution is -2.44. The number of carbonyl (C=O) groups excluding carboxylic acids is 1. The molecule has 1 unspecified atom stereocenters. The van der Waals surface area contributed by atoms with Gasteiger partial charge in [0, 0.05) is 24.2 Å². The molecule has 1 aliphatic carbocycles. The van der Waals surface area contributed by atoms with Crippen LogP contribution in [0.25, 0.3) is 0 Å². The Hall–Kier alpha value is -1.35. The zero-order valence-electron chi connectivity index (χ0n) is 13.2. The molecular formula is C18H26N2O. The number of hydrogen-bond acceptors (Lipinski definition) is 2. The van der Waals surface area contributed by atoms with E-state index in [0.29, 0.717) is 6.04 Å². The van der Waals surface area contributed by atoms with Crippen molar-refractivity contribution in [1.82, 2.24) is 10.2 Å². The first-order valence-corrected chi connectivity index (χ1v) is 8.31. The van der Waals surface area contributed by atoms with Gasteiger partial charge in [0.05, 0.1) is 0 Å². The molecule has 1 heterocycles. The van der Waals surface area contributed by atoms with Crippen LogP contribution < -0.4 is 5.32 Å². The highest BCUT2D eigenvalue weighted by atomic mass is 16.2. The first-order chi connectivity index (χ1) is 10.1. The molecule has 114 valence electrons. The van der Waals surface area contributed by atoms with Crippen molar-refractivity contribution in [2.45, 2.75) is 58.0 Å². The van der Waals surface area contributed by atoms with E-state index in [2.05, 4.69) is 31.3 Å². The third kappa shape index (κ3) is 3.13. The van der Waals surface area contributed by atoms with E-state index in [0.717, 1.165) is 25.1 Å². The van der Waals surface area contributed by atoms with E-state index >= 15 is 0 Å². The molecule has 1 aromatic carbocycles. The van der Waals surface area contributed by atoms with Crippen molar-refractivity contribution in [1.29, 1.82) is 0 Å². The zero-order chi connectivity index (χ0) is 14.8. The molecule has 0 bridgehead atoms. The van der Waals surface area contributed by atoms with Crippen molar-refractivity contribution in [3.05, 3.63) is 34.9 Å². The molecule has 1 saturated heterocycles. The summed E-state index contributed by atoms with van der Waals surface area (Å²) in [5.74, 6) is 0.188. The minimum atomic E-state index is 0.188. The molecule has 1 atom stereocenters. The van der Waals surface area contributed by atoms with Gasteiger partial charge in [0.25, 0.3) is 5.91 Å². The normalized spacial score (nSPS) is 20.8. The number of carbonyl (C=O) groups is 1. The highest BCUT2D eigenvalue weighted by Gasteiger charge is 2.25. The Bertz CT molecular complexity index is 518. The number of amides is 1. The van der Waals surface area contributed by atoms with E-state index in [1.165, 1.54) is 36.8 Å². The van der Waals surface area contributed by atoms with Crippen molar-refractivity contribution in [2.75, 3.05) is 13.1 Å². The molecule has 2 aliphatic rings. The SMILES string of the molecule is CC(C)N(CC1CCCN1)C(=O)c1ccc2c(c1)CCC2. The maximum atomic E-state index is 12.9. The fraction of sp³-hybridized carbons (Fsp3) is 0.611. The summed E-state index contributed by atoms with van der Waals surface area (Å²) >= 11 is 0. The molecule has 1 N–H and O–H groups in total. The molecule has 1 aromatic rings. The van der Waals surface area contributed by atoms with Crippen LogP contribution in [0.15, 0.2) is 18.2 Å². The summed E-state index contributed by atoms with van der Waals surface area (Å²) in [6, 6.07) is 7.01. The Balaban J connectivity index is 1.76. The van der Waals surface area contributed by atoms with Crippen LogP contribution in [0.3, 0.4) is 0 Å². The maximum Gasteiger partial charge on any atom is 0.254 e. The van der Waals surface area contributed by atoms with Gasteiger partial charge in [0.15, 0.2) is 0 Å². The standard InChI is InChI=1S/C18H26N2O/c1-13(2)20(12-17-7-4-10-19-17)18(21)16-9-8-14-5-3-6-15(14)11-16/h8-9,11,13,17,19H,3-7,10,12H2,1-2H3. The summed E-state index contributed by atoms with van der Waals surface area (Å²) in [6.07, 6.45) is 5.93. The second-order valence-corrected chi connectivity index (χ2v) is 6.68. The smallest absolute Gasteiger partial charge is 0.254 e. The van der Waals surface area contributed by atoms with E-state index in [4.69, 9.17) is 0 Å². The van der Waals surface area contributed by atoms with Gasteiger partial charge < -0.3 is 10.2 Å². The topological polar surface area (TPSA) is 32.3 Å². The lowest BCUT2D eigenvalue weighted by atomic mass is 10.0. The van der Waals surface area contributed by atoms with E-state index in [9.17, 15) is 4.79 Å². The molecule has 0 saturated carbocycles. The molecule has 1 aliphatic heterocycles. The molecule has 0 spiro atoms. The first-order valence-electron chi connectivity index (χ1n) is 8.31. The lowest BCUT2D eigenvalue weighted by molar-refractivity contribution is 0.0689. The largest absolute Gasteiger partial charge is 0.335 e. The van der Waals surface area contributed by atoms with Crippen LogP contribution in [0, 0.1) is 0 Å². The van der Waals surface area contributed by atoms with Gasteiger partial charge >= 0.3 is 0 Å². The summed E-state index contributed by atoms with van der Waals surface area (Å²) in [5.41, 5.74) is 3.67. The van der Waals surface area contributed by atoms with Gasteiger partial charge in [-0.05, 0) is 75.8 Å². The minimum absolute atomic E-state index is 0.188. The molecule has 21 heavy (non-hydrogen) atoms. The van der Waals surface area contributed by atoms with Gasteiger partial charge in [-0.25, -0.2) is 0 Å². The van der Waals surface area contributed by atoms with Crippen LogP contribution in [0.4, 0.5) is 0 Å². The summed E-state index contributed by atoms with van der Waals surface area (Å²) in [7, 11) is 0. The summed E-state index contributed by atoms with van der Waals surface area (Å²) in [5, 5.41) is 3.50. The Kier molecular flexibility index (Phi) is 4.29. The number of aryl methyl sites for hydroxylation is 2. The Labute approximate surface area is 127 Å². The van der Waals surface area contributed by atoms with E-state index < -0.39 is 0 Å². The van der Waals surface area contributed by atoms with Gasteiger partial charge in [-0.1, -0.05) is 6.07 Å². The summed E-state index contributed by atoms with van der Waals surface area (Å²) in [4.78, 5) is 14.9. The van der Waals surface area contributed by atoms with Crippen molar-refractivity contribution in [3.63, 3.8) is 0 Å². The van der Waals surface area contributed by atoms with Gasteiger partial charge in [-0.2, -0.15) is 0 Å². The monoisotopic (exact) mass is 286 g/mol. The van der Waals surface area contributed by atoms with Crippen LogP contribution in [-0.4, -0.2) is 36.0 Å². The van der Waals surface area contributed by atoms with Crippen molar-refractivity contribution in [3.8, 4) is 0 Å². The predicted octanol–water partition coefficient (Wildman–Crippen LogP) is 2.78. The molecule has 0 aromatic heterocycles. The molecule has 3 heteroatoms. The third-order valence-corrected chi connectivity index (χ3v) is 4.81. The Morgan fingerprint density at radius 1 is 1.29 bits per heavy atom. The predicted molar refractivity (Wildman–Crippen MR) is 85.7 cm³/mol. The lowest BCUT2D eigenvalue weighted by Gasteiger charge is -2.30. The molecule has 1 amide bonds. The van der Waals surface area contributed by atoms with Crippen LogP contribution in [0.5, 0.6) is 0 Å². The number of benzene rings is 1. The van der Waals surface area contributed by atoms with E-state index in [1.54, 1.807) is 0 Å². The van der Waals surface area contributed by atoms with Gasteiger partial charge in [0.2, 0.25) is 0 Å². The zero-order valence-corrected chi connectivity index (χ0v) is 13.2. The summed E-state index contributed by atoms with van der Waals surface area (Å²) < 4.78 is 0. The number of rotatable bonds is 4. The van der Waals surface area contributed by atoms with E-state index in [1.807, 2.05) is 11.0 Å². The fourth-order valence-corrected chi connectivity index (χ4v) is 3.55. The number of hydrogen-bond donors (Lipinski definition) is 1. The number of fused-ring (bicyclic) bond motifs is 1. The average molecular weight is 286 g/mol. The molecular weight excluding hydrogens is 260 g/mol. The molecule has 3 rings (SSSR count). The van der Waals surface area contributed by atoms with Crippen LogP contribution in [-0.2, 0) is 12.8 Å². The highest BCUT2D eigenvalue weighted by molar-refractivity contribution is 5.94. The second-order valence-electron chi connectivity index (χ2n) is 6.68. The molecule has 1 fully saturated rings. The minimum Gasteiger partial charge on any atom is -0.335 e. The van der Waals surface area contributed by atoms with Gasteiger partial charge in [0.1, 0.15) is 0 Å². The highest BCUT2D eigenvalue weighted by Crippen LogP contribution is 2.24. The van der Waals surface area contributed by atoms with Gasteiger partial charge in [-0.3, -0.25) is 4.79 Å². The van der Waals surface area contributed by atoms with Crippen LogP contribution in [0.1, 0.15) is 54.6 Å². The second kappa shape index (κ2) is 6.18. The van der Waals surface area contributed by atoms with Crippen molar-refractivity contribution in [2.24, 2.45) is 0 Å². The van der Waals surface area contributed by atoms with Gasteiger partial charge in [-0.15, -0.1) is 0 Å². The van der Waals surface area contributed by atoms with Crippen LogP contribution in [0.2, 0.25) is 0 Å². The number of nitrogens with one attached hydrogen (secondary N) is 1. The number of nitrogens with zero attached hydrogens (tertiary/aromatic N) is 1. The quantitative estimate of drug-likeness (QED) is 0.923. The first kappa shape index (κ1) is 14.6. The van der Waals surface area contributed by atoms with Crippen LogP contribution >= 0.6 is 0 Å². The Morgan fingerprint density at radius 3 is 2.81 bits per heavy atom. The van der Waals surface area contributed by atoms with E-state index in [-0.39, 0.29) is 11.9 Å². The third-order valence-electron chi connectivity index (χ3n) is 4.81. The summed E-state index contributed by atoms with van der Waals surface area (Å²) in [6.45, 7) is 6.14. The Morgan fingerprint density at radius 2 is 2.10 bits per heavy atom. The van der Waals surface area contributed by atoms with Crippen molar-refractivity contribution < 1.29 is 4.79 Å². The maximum absolute atomic E-state index is 12.9. The molecule has 3 nitrogen and oxygen atoms in total. The van der Waals surface area contributed by atoms with Crippen molar-refractivity contribution >= 4 is 5.91 Å². The fourth-order valence-electron chi connectivity index (χ4n) is 3.55. The average Bonchev–Trinajstić information content (AvgIpc) is 3.14.